The van der Waals surface area contributed by atoms with E-state index in [2.05, 4.69) is 0 Å². The van der Waals surface area contributed by atoms with Crippen molar-refractivity contribution in [3.8, 4) is 0 Å². The number of nitrogens with two attached hydrogens (primary N) is 1. The molecule has 4 heteroatoms. The van der Waals surface area contributed by atoms with Crippen LogP contribution in [0.2, 0.25) is 0 Å². The molecule has 0 unspecified atom stereocenters. The third-order valence-corrected chi connectivity index (χ3v) is 2.03. The number of carbonyl (C=O) groups excluding carboxylic acids is 1. The fourth-order valence-corrected chi connectivity index (χ4v) is 1.34. The Bertz CT molecular complexity index is 214. The molecule has 0 atom stereocenters. The molecule has 0 saturated heterocycles. The fraction of sp³-hybridized carbons (Fsp3) is 0.167. The van der Waals surface area contributed by atoms with Gasteiger partial charge >= 0.3 is 0 Å². The number of rotatable bonds is 1. The third-order valence-electron chi connectivity index (χ3n) is 1.11. The minimum atomic E-state index is 0. The molecule has 0 aliphatic rings. The van der Waals surface area contributed by atoms with Gasteiger partial charge in [0, 0.05) is 21.1 Å². The van der Waals surface area contributed by atoms with Crippen molar-refractivity contribution in [2.24, 2.45) is 0 Å². The van der Waals surface area contributed by atoms with Gasteiger partial charge in [0.15, 0.2) is 0 Å². The zero-order valence-electron chi connectivity index (χ0n) is 5.38. The summed E-state index contributed by atoms with van der Waals surface area (Å²) in [5, 5.41) is 2.40. The minimum absolute atomic E-state index is 0. The van der Waals surface area contributed by atoms with Crippen molar-refractivity contribution in [2.45, 2.75) is 6.92 Å². The first kappa shape index (κ1) is 9.86. The average molecular weight is 324 g/mol. The molecule has 0 aliphatic carbocycles. The smallest absolute Gasteiger partial charge is 0.0657 e. The largest absolute Gasteiger partial charge is 0.441 e. The zero-order chi connectivity index (χ0) is 6.85. The monoisotopic (exact) mass is 324 g/mol. The summed E-state index contributed by atoms with van der Waals surface area (Å²) < 4.78 is 0. The molecule has 2 N–H and O–H groups in total. The fourth-order valence-electron chi connectivity index (χ4n) is 0.595. The molecule has 10 heavy (non-hydrogen) atoms. The molecule has 0 fully saturated rings. The van der Waals surface area contributed by atoms with E-state index in [0.717, 1.165) is 5.56 Å². The first-order valence-electron chi connectivity index (χ1n) is 2.47. The van der Waals surface area contributed by atoms with E-state index in [1.807, 2.05) is 12.3 Å². The molecule has 2 nitrogen and oxygen atoms in total. The van der Waals surface area contributed by atoms with Crippen LogP contribution in [0.15, 0.2) is 5.38 Å². The SMILES string of the molecule is Cc1csc(N)c1[C-]=O.[W]. The number of thiophene rings is 1. The van der Waals surface area contributed by atoms with E-state index >= 15 is 0 Å². The van der Waals surface area contributed by atoms with E-state index in [-0.39, 0.29) is 21.1 Å². The molecule has 0 aliphatic heterocycles. The maximum atomic E-state index is 10.1. The van der Waals surface area contributed by atoms with E-state index in [0.29, 0.717) is 10.6 Å². The van der Waals surface area contributed by atoms with Gasteiger partial charge in [-0.3, -0.25) is 0 Å². The number of hydrogen-bond acceptors (Lipinski definition) is 3. The molecule has 1 aromatic rings. The van der Waals surface area contributed by atoms with Gasteiger partial charge in [-0.05, 0) is 5.00 Å². The normalized spacial score (nSPS) is 8.50. The second kappa shape index (κ2) is 3.89. The summed E-state index contributed by atoms with van der Waals surface area (Å²) in [4.78, 5) is 10.1. The minimum Gasteiger partial charge on any atom is -0.441 e. The van der Waals surface area contributed by atoms with Crippen LogP contribution in [-0.4, -0.2) is 6.29 Å². The van der Waals surface area contributed by atoms with Crippen molar-refractivity contribution < 1.29 is 25.9 Å². The van der Waals surface area contributed by atoms with Crippen molar-refractivity contribution in [2.75, 3.05) is 5.73 Å². The van der Waals surface area contributed by atoms with Crippen molar-refractivity contribution in [3.63, 3.8) is 0 Å². The first-order chi connectivity index (χ1) is 4.25. The van der Waals surface area contributed by atoms with E-state index in [9.17, 15) is 4.79 Å². The summed E-state index contributed by atoms with van der Waals surface area (Å²) in [6, 6.07) is 0. The Kier molecular flexibility index (Phi) is 3.84. The molecule has 0 aromatic carbocycles. The Morgan fingerprint density at radius 3 is 2.50 bits per heavy atom. The van der Waals surface area contributed by atoms with Gasteiger partial charge in [-0.2, -0.15) is 0 Å². The molecule has 0 saturated carbocycles. The van der Waals surface area contributed by atoms with Crippen LogP contribution in [0.1, 0.15) is 11.1 Å². The van der Waals surface area contributed by atoms with Crippen molar-refractivity contribution in [1.29, 1.82) is 0 Å². The topological polar surface area (TPSA) is 43.1 Å². The number of nitrogen functional groups attached to an aromatic ring is 1. The molecular formula is C6H6NOSW-. The second-order valence-electron chi connectivity index (χ2n) is 1.76. The first-order valence-corrected chi connectivity index (χ1v) is 3.35. The van der Waals surface area contributed by atoms with Gasteiger partial charge in [-0.25, -0.2) is 11.3 Å². The Hall–Kier alpha value is -0.142. The van der Waals surface area contributed by atoms with Gasteiger partial charge in [0.1, 0.15) is 0 Å². The third kappa shape index (κ3) is 1.67. The Balaban J connectivity index is 0.000000810. The Labute approximate surface area is 77.7 Å². The predicted molar refractivity (Wildman–Crippen MR) is 38.3 cm³/mol. The molecule has 1 aromatic heterocycles. The van der Waals surface area contributed by atoms with Crippen LogP contribution >= 0.6 is 11.3 Å². The molecule has 1 heterocycles. The van der Waals surface area contributed by atoms with Crippen LogP contribution in [0.5, 0.6) is 0 Å². The van der Waals surface area contributed by atoms with Gasteiger partial charge < -0.3 is 10.5 Å². The summed E-state index contributed by atoms with van der Waals surface area (Å²) in [6.45, 7) is 1.84. The molecule has 0 bridgehead atoms. The van der Waals surface area contributed by atoms with Gasteiger partial charge in [0.05, 0.1) is 6.29 Å². The molecule has 1 rings (SSSR count). The van der Waals surface area contributed by atoms with E-state index in [1.165, 1.54) is 11.3 Å². The summed E-state index contributed by atoms with van der Waals surface area (Å²) in [7, 11) is 0. The van der Waals surface area contributed by atoms with Crippen molar-refractivity contribution in [3.05, 3.63) is 16.5 Å². The Morgan fingerprint density at radius 1 is 1.70 bits per heavy atom. The maximum absolute atomic E-state index is 10.1. The summed E-state index contributed by atoms with van der Waals surface area (Å²) in [5.74, 6) is 0. The quantitative estimate of drug-likeness (QED) is 0.786. The van der Waals surface area contributed by atoms with Crippen LogP contribution in [0.3, 0.4) is 0 Å². The van der Waals surface area contributed by atoms with Crippen LogP contribution in [-0.2, 0) is 25.9 Å². The van der Waals surface area contributed by atoms with Crippen LogP contribution in [0, 0.1) is 6.92 Å². The Morgan fingerprint density at radius 2 is 2.30 bits per heavy atom. The van der Waals surface area contributed by atoms with Gasteiger partial charge in [0.2, 0.25) is 0 Å². The van der Waals surface area contributed by atoms with Crippen LogP contribution < -0.4 is 5.73 Å². The second-order valence-corrected chi connectivity index (χ2v) is 2.67. The van der Waals surface area contributed by atoms with E-state index < -0.39 is 0 Å². The molecular weight excluding hydrogens is 318 g/mol. The standard InChI is InChI=1S/C6H6NOS.W/c1-4-3-9-6(7)5(4)2-8;/h3H,7H2,1H3;/q-1;. The zero-order valence-corrected chi connectivity index (χ0v) is 9.13. The molecule has 0 spiro atoms. The van der Waals surface area contributed by atoms with E-state index in [4.69, 9.17) is 5.73 Å². The van der Waals surface area contributed by atoms with Gasteiger partial charge in [0.25, 0.3) is 0 Å². The summed E-state index contributed by atoms with van der Waals surface area (Å²) in [6.07, 6.45) is 1.78. The number of aryl methyl sites for hydroxylation is 1. The van der Waals surface area contributed by atoms with Crippen LogP contribution in [0.4, 0.5) is 5.00 Å². The number of anilines is 1. The van der Waals surface area contributed by atoms with E-state index in [1.54, 1.807) is 6.29 Å². The van der Waals surface area contributed by atoms with Crippen molar-refractivity contribution in [1.82, 2.24) is 0 Å². The van der Waals surface area contributed by atoms with Gasteiger partial charge in [-0.1, -0.05) is 12.3 Å². The molecule has 0 radical (unpaired) electrons. The number of hydrogen-bond donors (Lipinski definition) is 1. The average Bonchev–Trinajstić information content (AvgIpc) is 2.12. The summed E-state index contributed by atoms with van der Waals surface area (Å²) >= 11 is 1.37. The molecule has 54 valence electrons. The van der Waals surface area contributed by atoms with Crippen LogP contribution in [0.25, 0.3) is 0 Å². The van der Waals surface area contributed by atoms with Crippen molar-refractivity contribution >= 4 is 22.6 Å². The molecule has 0 amide bonds. The maximum Gasteiger partial charge on any atom is 0.0657 e. The van der Waals surface area contributed by atoms with Gasteiger partial charge in [-0.15, -0.1) is 11.1 Å². The predicted octanol–water partition coefficient (Wildman–Crippen LogP) is 1.09. The summed E-state index contributed by atoms with van der Waals surface area (Å²) in [5.41, 5.74) is 6.83.